The third-order valence-electron chi connectivity index (χ3n) is 4.81. The monoisotopic (exact) mass is 382 g/mol. The van der Waals surface area contributed by atoms with Gasteiger partial charge in [0, 0.05) is 36.1 Å². The molecule has 3 heterocycles. The number of carbonyl (C=O) groups is 1. The van der Waals surface area contributed by atoms with Crippen molar-refractivity contribution in [2.45, 2.75) is 26.7 Å². The fourth-order valence-corrected chi connectivity index (χ4v) is 3.34. The number of anilines is 2. The molecule has 0 unspecified atom stereocenters. The highest BCUT2D eigenvalue weighted by Gasteiger charge is 2.24. The first kappa shape index (κ1) is 19.1. The molecule has 5 nitrogen and oxygen atoms in total. The molecule has 1 aliphatic heterocycles. The van der Waals surface area contributed by atoms with Crippen LogP contribution in [0.15, 0.2) is 42.6 Å². The van der Waals surface area contributed by atoms with Gasteiger partial charge >= 0.3 is 0 Å². The Labute approximate surface area is 165 Å². The summed E-state index contributed by atoms with van der Waals surface area (Å²) in [6.45, 7) is 5.62. The molecule has 4 rings (SSSR count). The van der Waals surface area contributed by atoms with E-state index >= 15 is 0 Å². The van der Waals surface area contributed by atoms with E-state index < -0.39 is 0 Å². The summed E-state index contributed by atoms with van der Waals surface area (Å²) in [5.74, 6) is 0.0343. The van der Waals surface area contributed by atoms with Crippen molar-refractivity contribution < 1.29 is 4.79 Å². The van der Waals surface area contributed by atoms with Crippen LogP contribution in [0, 0.1) is 13.8 Å². The lowest BCUT2D eigenvalue weighted by Crippen LogP contribution is -2.28. The van der Waals surface area contributed by atoms with Crippen LogP contribution in [0.5, 0.6) is 0 Å². The number of carbonyl (C=O) groups excluding carboxylic acids is 1. The minimum Gasteiger partial charge on any atom is -0.354 e. The van der Waals surface area contributed by atoms with E-state index in [4.69, 9.17) is 0 Å². The second kappa shape index (κ2) is 7.92. The molecule has 1 N–H and O–H groups in total. The normalized spacial score (nSPS) is 13.5. The maximum absolute atomic E-state index is 13.0. The van der Waals surface area contributed by atoms with Crippen LogP contribution in [-0.2, 0) is 0 Å². The number of nitrogens with zero attached hydrogens (tertiary/aromatic N) is 3. The zero-order valence-electron chi connectivity index (χ0n) is 15.5. The van der Waals surface area contributed by atoms with Crippen LogP contribution < -0.4 is 5.32 Å². The van der Waals surface area contributed by atoms with E-state index in [0.717, 1.165) is 48.4 Å². The van der Waals surface area contributed by atoms with Gasteiger partial charge in [0.25, 0.3) is 5.91 Å². The number of pyridine rings is 2. The highest BCUT2D eigenvalue weighted by Crippen LogP contribution is 2.30. The fraction of sp³-hybridized carbons (Fsp3) is 0.286. The quantitative estimate of drug-likeness (QED) is 0.716. The van der Waals surface area contributed by atoms with Crippen LogP contribution in [0.25, 0.3) is 11.0 Å². The van der Waals surface area contributed by atoms with Gasteiger partial charge in [0.2, 0.25) is 0 Å². The molecule has 1 fully saturated rings. The lowest BCUT2D eigenvalue weighted by Gasteiger charge is -2.19. The summed E-state index contributed by atoms with van der Waals surface area (Å²) in [6.07, 6.45) is 3.79. The third kappa shape index (κ3) is 3.88. The minimum atomic E-state index is 0. The maximum Gasteiger partial charge on any atom is 0.257 e. The fourth-order valence-electron chi connectivity index (χ4n) is 3.34. The lowest BCUT2D eigenvalue weighted by molar-refractivity contribution is 0.0793. The molecular formula is C21H23ClN4O. The maximum atomic E-state index is 13.0. The van der Waals surface area contributed by atoms with Gasteiger partial charge in [0.15, 0.2) is 5.65 Å². The standard InChI is InChI=1S/C21H22N4O.ClH/c1-14-5-8-16(9-6-14)24-19-17-10-7-15(2)23-20(17)22-13-18(19)21(26)25-11-3-4-12-25;/h5-10,13H,3-4,11-12H2,1-2H3,(H,22,23,24);1H. The molecule has 140 valence electrons. The van der Waals surface area contributed by atoms with Crippen LogP contribution >= 0.6 is 12.4 Å². The molecule has 0 atom stereocenters. The molecule has 27 heavy (non-hydrogen) atoms. The predicted octanol–water partition coefficient (Wildman–Crippen LogP) is 4.65. The van der Waals surface area contributed by atoms with E-state index in [9.17, 15) is 4.79 Å². The van der Waals surface area contributed by atoms with Crippen LogP contribution in [0.1, 0.15) is 34.5 Å². The van der Waals surface area contributed by atoms with Gasteiger partial charge in [-0.3, -0.25) is 4.79 Å². The Morgan fingerprint density at radius 3 is 2.44 bits per heavy atom. The SMILES string of the molecule is Cc1ccc(Nc2c(C(=O)N3CCCC3)cnc3nc(C)ccc23)cc1.Cl. The second-order valence-electron chi connectivity index (χ2n) is 6.86. The van der Waals surface area contributed by atoms with Crippen molar-refractivity contribution in [2.75, 3.05) is 18.4 Å². The highest BCUT2D eigenvalue weighted by molar-refractivity contribution is 6.07. The Balaban J connectivity index is 0.00000210. The Hall–Kier alpha value is -2.66. The molecule has 0 aliphatic carbocycles. The first-order chi connectivity index (χ1) is 12.6. The third-order valence-corrected chi connectivity index (χ3v) is 4.81. The van der Waals surface area contributed by atoms with Gasteiger partial charge in [-0.2, -0.15) is 0 Å². The molecule has 0 radical (unpaired) electrons. The first-order valence-corrected chi connectivity index (χ1v) is 9.01. The Morgan fingerprint density at radius 2 is 1.74 bits per heavy atom. The summed E-state index contributed by atoms with van der Waals surface area (Å²) >= 11 is 0. The largest absolute Gasteiger partial charge is 0.354 e. The lowest BCUT2D eigenvalue weighted by atomic mass is 10.1. The van der Waals surface area contributed by atoms with Crippen molar-refractivity contribution in [2.24, 2.45) is 0 Å². The number of amides is 1. The van der Waals surface area contributed by atoms with Crippen molar-refractivity contribution in [3.63, 3.8) is 0 Å². The number of benzene rings is 1. The highest BCUT2D eigenvalue weighted by atomic mass is 35.5. The number of aryl methyl sites for hydroxylation is 2. The Morgan fingerprint density at radius 1 is 1.04 bits per heavy atom. The average Bonchev–Trinajstić information content (AvgIpc) is 3.18. The zero-order chi connectivity index (χ0) is 18.1. The van der Waals surface area contributed by atoms with Gasteiger partial charge in [-0.1, -0.05) is 17.7 Å². The Bertz CT molecular complexity index is 966. The number of fused-ring (bicyclic) bond motifs is 1. The van der Waals surface area contributed by atoms with E-state index in [0.29, 0.717) is 11.2 Å². The van der Waals surface area contributed by atoms with Crippen molar-refractivity contribution in [1.29, 1.82) is 0 Å². The molecule has 0 saturated carbocycles. The average molecular weight is 383 g/mol. The van der Waals surface area contributed by atoms with Gasteiger partial charge in [-0.15, -0.1) is 12.4 Å². The van der Waals surface area contributed by atoms with Crippen LogP contribution in [0.3, 0.4) is 0 Å². The van der Waals surface area contributed by atoms with Gasteiger partial charge in [0.1, 0.15) is 0 Å². The molecule has 0 bridgehead atoms. The van der Waals surface area contributed by atoms with Crippen LogP contribution in [0.4, 0.5) is 11.4 Å². The van der Waals surface area contributed by atoms with E-state index in [1.54, 1.807) is 6.20 Å². The molecule has 0 spiro atoms. The summed E-state index contributed by atoms with van der Waals surface area (Å²) in [6, 6.07) is 12.1. The van der Waals surface area contributed by atoms with Crippen LogP contribution in [-0.4, -0.2) is 33.9 Å². The molecule has 6 heteroatoms. The number of aromatic nitrogens is 2. The number of hydrogen-bond donors (Lipinski definition) is 1. The summed E-state index contributed by atoms with van der Waals surface area (Å²) < 4.78 is 0. The molecule has 2 aromatic heterocycles. The molecular weight excluding hydrogens is 360 g/mol. The molecule has 3 aromatic rings. The Kier molecular flexibility index (Phi) is 5.61. The van der Waals surface area contributed by atoms with Crippen molar-refractivity contribution in [1.82, 2.24) is 14.9 Å². The number of likely N-dealkylation sites (tertiary alicyclic amines) is 1. The van der Waals surface area contributed by atoms with Gasteiger partial charge in [0.05, 0.1) is 11.3 Å². The predicted molar refractivity (Wildman–Crippen MR) is 111 cm³/mol. The van der Waals surface area contributed by atoms with Gasteiger partial charge in [-0.25, -0.2) is 9.97 Å². The van der Waals surface area contributed by atoms with Gasteiger partial charge in [-0.05, 0) is 51.0 Å². The molecule has 1 aliphatic rings. The number of hydrogen-bond acceptors (Lipinski definition) is 4. The molecule has 1 aromatic carbocycles. The second-order valence-corrected chi connectivity index (χ2v) is 6.86. The van der Waals surface area contributed by atoms with E-state index in [1.165, 1.54) is 5.56 Å². The smallest absolute Gasteiger partial charge is 0.257 e. The van der Waals surface area contributed by atoms with Crippen molar-refractivity contribution in [3.05, 3.63) is 59.4 Å². The molecule has 1 saturated heterocycles. The van der Waals surface area contributed by atoms with Crippen LogP contribution in [0.2, 0.25) is 0 Å². The van der Waals surface area contributed by atoms with Crippen molar-refractivity contribution >= 4 is 40.7 Å². The van der Waals surface area contributed by atoms with Crippen molar-refractivity contribution in [3.8, 4) is 0 Å². The van der Waals surface area contributed by atoms with Gasteiger partial charge < -0.3 is 10.2 Å². The van der Waals surface area contributed by atoms with E-state index in [1.807, 2.05) is 36.1 Å². The van der Waals surface area contributed by atoms with E-state index in [2.05, 4.69) is 34.3 Å². The first-order valence-electron chi connectivity index (χ1n) is 9.01. The summed E-state index contributed by atoms with van der Waals surface area (Å²) in [7, 11) is 0. The minimum absolute atomic E-state index is 0. The number of halogens is 1. The number of nitrogens with one attached hydrogen (secondary N) is 1. The molecule has 1 amide bonds. The van der Waals surface area contributed by atoms with E-state index in [-0.39, 0.29) is 18.3 Å². The summed E-state index contributed by atoms with van der Waals surface area (Å²) in [5.41, 5.74) is 5.08. The zero-order valence-corrected chi connectivity index (χ0v) is 16.3. The summed E-state index contributed by atoms with van der Waals surface area (Å²) in [4.78, 5) is 23.9. The topological polar surface area (TPSA) is 58.1 Å². The number of rotatable bonds is 3. The summed E-state index contributed by atoms with van der Waals surface area (Å²) in [5, 5.41) is 4.30.